The fourth-order valence-corrected chi connectivity index (χ4v) is 3.16. The Kier molecular flexibility index (Phi) is 5.46. The normalized spacial score (nSPS) is 17.8. The second kappa shape index (κ2) is 7.35. The maximum Gasteiger partial charge on any atom is 0.334 e. The first-order chi connectivity index (χ1) is 11.4. The maximum atomic E-state index is 11.8. The van der Waals surface area contributed by atoms with Crippen LogP contribution in [0.25, 0.3) is 0 Å². The molecule has 24 heavy (non-hydrogen) atoms. The Hall–Kier alpha value is -2.54. The zero-order chi connectivity index (χ0) is 17.9. The number of hydrogen-bond acceptors (Lipinski definition) is 3. The highest BCUT2D eigenvalue weighted by atomic mass is 16.4. The van der Waals surface area contributed by atoms with Crippen molar-refractivity contribution >= 4 is 5.97 Å². The summed E-state index contributed by atoms with van der Waals surface area (Å²) >= 11 is 0. The fourth-order valence-electron chi connectivity index (χ4n) is 3.16. The quantitative estimate of drug-likeness (QED) is 0.854. The van der Waals surface area contributed by atoms with Gasteiger partial charge in [-0.25, -0.2) is 4.79 Å². The van der Waals surface area contributed by atoms with Gasteiger partial charge in [0.25, 0.3) is 0 Å². The van der Waals surface area contributed by atoms with E-state index in [1.807, 2.05) is 24.3 Å². The summed E-state index contributed by atoms with van der Waals surface area (Å²) < 4.78 is 0. The molecule has 0 saturated heterocycles. The third-order valence-corrected chi connectivity index (χ3v) is 4.33. The zero-order valence-corrected chi connectivity index (χ0v) is 14.7. The van der Waals surface area contributed by atoms with Gasteiger partial charge in [0.1, 0.15) is 0 Å². The van der Waals surface area contributed by atoms with Gasteiger partial charge in [0.15, 0.2) is 0 Å². The van der Waals surface area contributed by atoms with Crippen molar-refractivity contribution in [1.82, 2.24) is 5.32 Å². The molecule has 0 fully saturated rings. The van der Waals surface area contributed by atoms with Gasteiger partial charge >= 0.3 is 5.97 Å². The van der Waals surface area contributed by atoms with Crippen LogP contribution >= 0.6 is 0 Å². The van der Waals surface area contributed by atoms with E-state index >= 15 is 0 Å². The van der Waals surface area contributed by atoms with Gasteiger partial charge in [-0.3, -0.25) is 0 Å². The molecule has 0 radical (unpaired) electrons. The predicted octanol–water partition coefficient (Wildman–Crippen LogP) is 4.12. The van der Waals surface area contributed by atoms with Crippen molar-refractivity contribution in [1.29, 1.82) is 5.26 Å². The Morgan fingerprint density at radius 3 is 2.42 bits per heavy atom. The first kappa shape index (κ1) is 17.8. The lowest BCUT2D eigenvalue weighted by molar-refractivity contribution is -0.133. The molecular formula is C20H24N2O2. The number of aryl methyl sites for hydroxylation is 1. The summed E-state index contributed by atoms with van der Waals surface area (Å²) in [6, 6.07) is 10.1. The average molecular weight is 324 g/mol. The highest BCUT2D eigenvalue weighted by Crippen LogP contribution is 2.39. The van der Waals surface area contributed by atoms with Gasteiger partial charge in [-0.05, 0) is 36.8 Å². The van der Waals surface area contributed by atoms with Crippen LogP contribution in [0.5, 0.6) is 0 Å². The van der Waals surface area contributed by atoms with Crippen LogP contribution in [0.1, 0.15) is 51.2 Å². The summed E-state index contributed by atoms with van der Waals surface area (Å²) in [7, 11) is 0. The Balaban J connectivity index is 2.61. The Labute approximate surface area is 143 Å². The van der Waals surface area contributed by atoms with Crippen LogP contribution in [0, 0.1) is 17.2 Å². The van der Waals surface area contributed by atoms with Gasteiger partial charge in [0.2, 0.25) is 0 Å². The number of carboxylic acids is 1. The van der Waals surface area contributed by atoms with Gasteiger partial charge < -0.3 is 10.4 Å². The molecule has 0 aromatic heterocycles. The van der Waals surface area contributed by atoms with Crippen LogP contribution in [0.2, 0.25) is 0 Å². The summed E-state index contributed by atoms with van der Waals surface area (Å²) in [5, 5.41) is 22.6. The number of carboxylic acid groups (broad SMARTS) is 1. The van der Waals surface area contributed by atoms with Crippen molar-refractivity contribution in [3.05, 3.63) is 57.9 Å². The molecule has 0 amide bonds. The molecule has 0 spiro atoms. The van der Waals surface area contributed by atoms with Crippen molar-refractivity contribution in [3.63, 3.8) is 0 Å². The number of rotatable bonds is 5. The van der Waals surface area contributed by atoms with E-state index in [1.54, 1.807) is 6.92 Å². The molecule has 0 bridgehead atoms. The monoisotopic (exact) mass is 324 g/mol. The minimum atomic E-state index is -0.985. The lowest BCUT2D eigenvalue weighted by Gasteiger charge is -2.29. The molecule has 126 valence electrons. The van der Waals surface area contributed by atoms with E-state index in [9.17, 15) is 15.2 Å². The van der Waals surface area contributed by atoms with Crippen molar-refractivity contribution in [2.45, 2.75) is 46.5 Å². The molecule has 1 heterocycles. The third kappa shape index (κ3) is 3.51. The van der Waals surface area contributed by atoms with Crippen molar-refractivity contribution < 1.29 is 9.90 Å². The third-order valence-electron chi connectivity index (χ3n) is 4.33. The Bertz CT molecular complexity index is 734. The number of benzene rings is 1. The molecule has 1 atom stereocenters. The molecule has 4 heteroatoms. The molecule has 1 aliphatic rings. The summed E-state index contributed by atoms with van der Waals surface area (Å²) in [5.41, 5.74) is 4.25. The highest BCUT2D eigenvalue weighted by molar-refractivity contribution is 5.91. The number of nitrogens with one attached hydrogen (secondary N) is 1. The number of dihydropyridines is 1. The first-order valence-corrected chi connectivity index (χ1v) is 8.32. The van der Waals surface area contributed by atoms with Crippen LogP contribution in [-0.2, 0) is 11.2 Å². The van der Waals surface area contributed by atoms with E-state index in [-0.39, 0.29) is 5.57 Å². The van der Waals surface area contributed by atoms with Gasteiger partial charge in [-0.1, -0.05) is 45.0 Å². The molecule has 0 saturated carbocycles. The van der Waals surface area contributed by atoms with Gasteiger partial charge in [0.05, 0.1) is 23.1 Å². The number of allylic oxidation sites excluding steroid dienone is 3. The molecule has 1 aromatic carbocycles. The molecular weight excluding hydrogens is 300 g/mol. The van der Waals surface area contributed by atoms with E-state index in [4.69, 9.17) is 0 Å². The van der Waals surface area contributed by atoms with Crippen molar-refractivity contribution in [2.24, 2.45) is 5.92 Å². The second-order valence-electron chi connectivity index (χ2n) is 6.60. The SMILES string of the molecule is CCc1ccc(C2C(C#N)=C(CC(C)C)NC(C)=C2C(=O)O)cc1. The standard InChI is InChI=1S/C20H24N2O2/c1-5-14-6-8-15(9-7-14)19-16(11-21)17(10-12(2)3)22-13(4)18(19)20(23)24/h6-9,12,19,22H,5,10H2,1-4H3,(H,23,24). The topological polar surface area (TPSA) is 73.1 Å². The Morgan fingerprint density at radius 2 is 1.96 bits per heavy atom. The summed E-state index contributed by atoms with van der Waals surface area (Å²) in [4.78, 5) is 11.8. The molecule has 2 N–H and O–H groups in total. The van der Waals surface area contributed by atoms with Crippen molar-refractivity contribution in [2.75, 3.05) is 0 Å². The van der Waals surface area contributed by atoms with Crippen LogP contribution < -0.4 is 5.32 Å². The van der Waals surface area contributed by atoms with E-state index < -0.39 is 11.9 Å². The zero-order valence-electron chi connectivity index (χ0n) is 14.7. The van der Waals surface area contributed by atoms with Crippen LogP contribution in [-0.4, -0.2) is 11.1 Å². The molecule has 1 aliphatic heterocycles. The second-order valence-corrected chi connectivity index (χ2v) is 6.60. The molecule has 1 aromatic rings. The predicted molar refractivity (Wildman–Crippen MR) is 94.1 cm³/mol. The van der Waals surface area contributed by atoms with Gasteiger partial charge in [-0.2, -0.15) is 5.26 Å². The average Bonchev–Trinajstić information content (AvgIpc) is 2.53. The maximum absolute atomic E-state index is 11.8. The van der Waals surface area contributed by atoms with Gasteiger partial charge in [-0.15, -0.1) is 0 Å². The van der Waals surface area contributed by atoms with Crippen LogP contribution in [0.4, 0.5) is 0 Å². The van der Waals surface area contributed by atoms with E-state index in [2.05, 4.69) is 32.2 Å². The Morgan fingerprint density at radius 1 is 1.33 bits per heavy atom. The fraction of sp³-hybridized carbons (Fsp3) is 0.400. The minimum absolute atomic E-state index is 0.253. The highest BCUT2D eigenvalue weighted by Gasteiger charge is 2.34. The number of hydrogen-bond donors (Lipinski definition) is 2. The van der Waals surface area contributed by atoms with E-state index in [1.165, 1.54) is 5.56 Å². The van der Waals surface area contributed by atoms with Crippen molar-refractivity contribution in [3.8, 4) is 6.07 Å². The summed E-state index contributed by atoms with van der Waals surface area (Å²) in [6.45, 7) is 8.01. The number of nitrogens with zero attached hydrogens (tertiary/aromatic N) is 1. The molecule has 1 unspecified atom stereocenters. The van der Waals surface area contributed by atoms with E-state index in [0.717, 1.165) is 24.1 Å². The minimum Gasteiger partial charge on any atom is -0.478 e. The number of aliphatic carboxylic acids is 1. The van der Waals surface area contributed by atoms with Gasteiger partial charge in [0, 0.05) is 11.4 Å². The first-order valence-electron chi connectivity index (χ1n) is 8.32. The summed E-state index contributed by atoms with van der Waals surface area (Å²) in [6.07, 6.45) is 1.64. The molecule has 4 nitrogen and oxygen atoms in total. The number of nitriles is 1. The molecule has 2 rings (SSSR count). The van der Waals surface area contributed by atoms with Crippen LogP contribution in [0.15, 0.2) is 46.8 Å². The lowest BCUT2D eigenvalue weighted by Crippen LogP contribution is -2.29. The smallest absolute Gasteiger partial charge is 0.334 e. The largest absolute Gasteiger partial charge is 0.478 e. The molecule has 0 aliphatic carbocycles. The number of carbonyl (C=O) groups is 1. The lowest BCUT2D eigenvalue weighted by atomic mass is 9.79. The van der Waals surface area contributed by atoms with E-state index in [0.29, 0.717) is 17.2 Å². The van der Waals surface area contributed by atoms with Crippen LogP contribution in [0.3, 0.4) is 0 Å². The summed E-state index contributed by atoms with van der Waals surface area (Å²) in [5.74, 6) is -1.13.